The van der Waals surface area contributed by atoms with Crippen LogP contribution in [0.25, 0.3) is 94.1 Å². The fraction of sp³-hybridized carbons (Fsp3) is 0.0377. The highest BCUT2D eigenvalue weighted by Gasteiger charge is 2.23. The molecule has 1 aliphatic carbocycles. The Morgan fingerprint density at radius 2 is 1.11 bits per heavy atom. The fourth-order valence-corrected chi connectivity index (χ4v) is 8.43. The lowest BCUT2D eigenvalue weighted by Gasteiger charge is -2.19. The van der Waals surface area contributed by atoms with Crippen LogP contribution in [0.1, 0.15) is 23.7 Å². The van der Waals surface area contributed by atoms with Crippen molar-refractivity contribution >= 4 is 49.1 Å². The molecule has 11 rings (SSSR count). The molecule has 57 heavy (non-hydrogen) atoms. The van der Waals surface area contributed by atoms with Crippen LogP contribution in [0.4, 0.5) is 0 Å². The van der Waals surface area contributed by atoms with E-state index in [2.05, 4.69) is 182 Å². The Hall–Kier alpha value is -7.43. The molecule has 0 N–H and O–H groups in total. The molecule has 2 aromatic heterocycles. The summed E-state index contributed by atoms with van der Waals surface area (Å²) in [5.41, 5.74) is 10.6. The SMILES string of the molecule is C1=CC(c2ccccc2)CC(c2nc(-c3ccc4cc(-c5ccccc5)ccc4c3)nc(-c3cccc4oc5c6ccccc6c(-c6ccccc6)cc5c34)n2)=C1. The highest BCUT2D eigenvalue weighted by atomic mass is 16.3. The largest absolute Gasteiger partial charge is 0.455 e. The van der Waals surface area contributed by atoms with Gasteiger partial charge in [-0.3, -0.25) is 0 Å². The van der Waals surface area contributed by atoms with Gasteiger partial charge in [-0.05, 0) is 80.2 Å². The summed E-state index contributed by atoms with van der Waals surface area (Å²) in [6.45, 7) is 0. The number of allylic oxidation sites excluding steroid dienone is 4. The maximum Gasteiger partial charge on any atom is 0.164 e. The van der Waals surface area contributed by atoms with E-state index in [1.165, 1.54) is 16.7 Å². The molecule has 8 aromatic carbocycles. The van der Waals surface area contributed by atoms with Crippen molar-refractivity contribution in [3.8, 4) is 45.0 Å². The van der Waals surface area contributed by atoms with Gasteiger partial charge in [-0.15, -0.1) is 0 Å². The predicted molar refractivity (Wildman–Crippen MR) is 235 cm³/mol. The topological polar surface area (TPSA) is 51.8 Å². The van der Waals surface area contributed by atoms with Crippen molar-refractivity contribution in [3.05, 3.63) is 206 Å². The molecule has 0 spiro atoms. The minimum Gasteiger partial charge on any atom is -0.455 e. The normalized spacial score (nSPS) is 14.1. The molecule has 0 fully saturated rings. The van der Waals surface area contributed by atoms with Gasteiger partial charge in [0.1, 0.15) is 11.2 Å². The number of furan rings is 1. The van der Waals surface area contributed by atoms with Crippen LogP contribution in [-0.2, 0) is 0 Å². The Morgan fingerprint density at radius 1 is 0.456 bits per heavy atom. The Bertz CT molecular complexity index is 3200. The molecule has 0 saturated carbocycles. The van der Waals surface area contributed by atoms with E-state index in [-0.39, 0.29) is 5.92 Å². The monoisotopic (exact) mass is 729 g/mol. The molecule has 0 bridgehead atoms. The maximum absolute atomic E-state index is 6.74. The third-order valence-electron chi connectivity index (χ3n) is 11.3. The summed E-state index contributed by atoms with van der Waals surface area (Å²) in [5, 5.41) is 6.54. The van der Waals surface area contributed by atoms with Gasteiger partial charge in [0.25, 0.3) is 0 Å². The summed E-state index contributed by atoms with van der Waals surface area (Å²) in [7, 11) is 0. The van der Waals surface area contributed by atoms with E-state index in [0.717, 1.165) is 77.7 Å². The third kappa shape index (κ3) is 5.90. The van der Waals surface area contributed by atoms with Gasteiger partial charge < -0.3 is 4.42 Å². The summed E-state index contributed by atoms with van der Waals surface area (Å²) in [6, 6.07) is 61.8. The van der Waals surface area contributed by atoms with Crippen LogP contribution in [0.15, 0.2) is 199 Å². The second-order valence-corrected chi connectivity index (χ2v) is 14.7. The van der Waals surface area contributed by atoms with E-state index >= 15 is 0 Å². The van der Waals surface area contributed by atoms with Crippen molar-refractivity contribution < 1.29 is 4.42 Å². The first-order valence-electron chi connectivity index (χ1n) is 19.4. The number of benzene rings is 8. The molecular formula is C53H35N3O. The van der Waals surface area contributed by atoms with Gasteiger partial charge in [-0.2, -0.15) is 0 Å². The van der Waals surface area contributed by atoms with Crippen molar-refractivity contribution in [2.75, 3.05) is 0 Å². The zero-order valence-electron chi connectivity index (χ0n) is 31.0. The molecule has 1 atom stereocenters. The van der Waals surface area contributed by atoms with Crippen molar-refractivity contribution in [1.29, 1.82) is 0 Å². The van der Waals surface area contributed by atoms with Crippen molar-refractivity contribution in [2.24, 2.45) is 0 Å². The van der Waals surface area contributed by atoms with E-state index in [1.54, 1.807) is 0 Å². The summed E-state index contributed by atoms with van der Waals surface area (Å²) in [6.07, 6.45) is 7.34. The second kappa shape index (κ2) is 13.7. The second-order valence-electron chi connectivity index (χ2n) is 14.7. The quantitative estimate of drug-likeness (QED) is 0.171. The first-order valence-corrected chi connectivity index (χ1v) is 19.4. The van der Waals surface area contributed by atoms with Gasteiger partial charge >= 0.3 is 0 Å². The van der Waals surface area contributed by atoms with Crippen LogP contribution in [0, 0.1) is 0 Å². The molecule has 2 heterocycles. The molecule has 0 aliphatic heterocycles. The minimum absolute atomic E-state index is 0.222. The highest BCUT2D eigenvalue weighted by molar-refractivity contribution is 6.22. The van der Waals surface area contributed by atoms with Crippen LogP contribution in [0.5, 0.6) is 0 Å². The Labute approximate surface area is 330 Å². The minimum atomic E-state index is 0.222. The molecule has 268 valence electrons. The number of aromatic nitrogens is 3. The number of rotatable bonds is 6. The Balaban J connectivity index is 1.11. The smallest absolute Gasteiger partial charge is 0.164 e. The first kappa shape index (κ1) is 33.0. The summed E-state index contributed by atoms with van der Waals surface area (Å²) < 4.78 is 6.74. The summed E-state index contributed by atoms with van der Waals surface area (Å²) in [4.78, 5) is 15.8. The van der Waals surface area contributed by atoms with Crippen molar-refractivity contribution in [2.45, 2.75) is 12.3 Å². The van der Waals surface area contributed by atoms with E-state index in [9.17, 15) is 0 Å². The number of nitrogens with zero attached hydrogens (tertiary/aromatic N) is 3. The predicted octanol–water partition coefficient (Wildman–Crippen LogP) is 13.9. The Kier molecular flexibility index (Phi) is 7.92. The third-order valence-corrected chi connectivity index (χ3v) is 11.3. The molecule has 4 heteroatoms. The van der Waals surface area contributed by atoms with Crippen LogP contribution in [-0.4, -0.2) is 15.0 Å². The number of fused-ring (bicyclic) bond motifs is 6. The van der Waals surface area contributed by atoms with Gasteiger partial charge in [0.15, 0.2) is 17.5 Å². The van der Waals surface area contributed by atoms with Gasteiger partial charge in [-0.25, -0.2) is 15.0 Å². The van der Waals surface area contributed by atoms with Gasteiger partial charge in [0.05, 0.1) is 0 Å². The number of hydrogen-bond donors (Lipinski definition) is 0. The van der Waals surface area contributed by atoms with Crippen LogP contribution < -0.4 is 0 Å². The van der Waals surface area contributed by atoms with E-state index < -0.39 is 0 Å². The lowest BCUT2D eigenvalue weighted by Crippen LogP contribution is -2.07. The van der Waals surface area contributed by atoms with Crippen molar-refractivity contribution in [3.63, 3.8) is 0 Å². The average molecular weight is 730 g/mol. The van der Waals surface area contributed by atoms with E-state index in [1.807, 2.05) is 12.1 Å². The van der Waals surface area contributed by atoms with E-state index in [4.69, 9.17) is 19.4 Å². The molecule has 0 radical (unpaired) electrons. The molecule has 10 aromatic rings. The first-order chi connectivity index (χ1) is 28.2. The summed E-state index contributed by atoms with van der Waals surface area (Å²) in [5.74, 6) is 2.15. The standard InChI is InChI=1S/C53H35N3O/c1-4-14-34(15-5-1)37-20-12-21-41(31-37)51-54-52(42-29-28-39-30-38(26-27-40(39)32-42)35-16-6-2-7-17-35)56-53(55-51)45-24-13-25-48-49(45)47-33-46(36-18-8-3-9-19-36)43-22-10-11-23-44(43)50(47)57-48/h1-30,32-33,37H,31H2. The van der Waals surface area contributed by atoms with Crippen LogP contribution in [0.3, 0.4) is 0 Å². The zero-order valence-corrected chi connectivity index (χ0v) is 31.0. The molecule has 0 saturated heterocycles. The number of hydrogen-bond acceptors (Lipinski definition) is 4. The highest BCUT2D eigenvalue weighted by Crippen LogP contribution is 2.43. The van der Waals surface area contributed by atoms with Gasteiger partial charge in [0, 0.05) is 33.2 Å². The lowest BCUT2D eigenvalue weighted by atomic mass is 9.88. The molecule has 1 unspecified atom stereocenters. The van der Waals surface area contributed by atoms with Gasteiger partial charge in [0.2, 0.25) is 0 Å². The molecular weight excluding hydrogens is 695 g/mol. The molecule has 0 amide bonds. The van der Waals surface area contributed by atoms with E-state index in [0.29, 0.717) is 17.5 Å². The summed E-state index contributed by atoms with van der Waals surface area (Å²) >= 11 is 0. The maximum atomic E-state index is 6.74. The molecule has 4 nitrogen and oxygen atoms in total. The van der Waals surface area contributed by atoms with Crippen molar-refractivity contribution in [1.82, 2.24) is 15.0 Å². The zero-order chi connectivity index (χ0) is 37.7. The van der Waals surface area contributed by atoms with Gasteiger partial charge in [-0.1, -0.05) is 170 Å². The van der Waals surface area contributed by atoms with Crippen LogP contribution >= 0.6 is 0 Å². The fourth-order valence-electron chi connectivity index (χ4n) is 8.43. The van der Waals surface area contributed by atoms with Crippen LogP contribution in [0.2, 0.25) is 0 Å². The molecule has 1 aliphatic rings. The lowest BCUT2D eigenvalue weighted by molar-refractivity contribution is 0.672. The average Bonchev–Trinajstić information content (AvgIpc) is 3.68. The Morgan fingerprint density at radius 3 is 1.89 bits per heavy atom.